The van der Waals surface area contributed by atoms with Crippen LogP contribution in [0.4, 0.5) is 44.7 Å². The molecular weight excluding hydrogens is 803 g/mol. The van der Waals surface area contributed by atoms with Crippen molar-refractivity contribution in [2.45, 2.75) is 64.3 Å². The zero-order valence-corrected chi connectivity index (χ0v) is 33.0. The van der Waals surface area contributed by atoms with Gasteiger partial charge in [0, 0.05) is 77.1 Å². The van der Waals surface area contributed by atoms with E-state index in [2.05, 4.69) is 15.0 Å². The number of hydrogen-bond donors (Lipinski definition) is 2. The topological polar surface area (TPSA) is 186 Å². The number of benzene rings is 2. The third-order valence-corrected chi connectivity index (χ3v) is 10.5. The molecule has 0 saturated carbocycles. The average Bonchev–Trinajstić information content (AvgIpc) is 3.21. The van der Waals surface area contributed by atoms with Crippen molar-refractivity contribution < 1.29 is 56.1 Å². The van der Waals surface area contributed by atoms with Gasteiger partial charge in [-0.25, -0.2) is 24.2 Å². The Hall–Kier alpha value is -5.98. The van der Waals surface area contributed by atoms with Crippen LogP contribution in [0.5, 0.6) is 0 Å². The van der Waals surface area contributed by atoms with Crippen LogP contribution >= 0.6 is 11.6 Å². The van der Waals surface area contributed by atoms with Gasteiger partial charge in [-0.1, -0.05) is 29.8 Å². The second-order valence-electron chi connectivity index (χ2n) is 14.0. The van der Waals surface area contributed by atoms with Gasteiger partial charge in [-0.2, -0.15) is 13.2 Å². The Bertz CT molecular complexity index is 2040. The van der Waals surface area contributed by atoms with E-state index in [0.29, 0.717) is 25.2 Å². The zero-order chi connectivity index (χ0) is 42.4. The lowest BCUT2D eigenvalue weighted by molar-refractivity contribution is -0.141. The normalized spacial score (nSPS) is 17.0. The number of carbonyl (C=O) groups is 5. The molecule has 3 aliphatic rings. The Kier molecular flexibility index (Phi) is 13.2. The van der Waals surface area contributed by atoms with Gasteiger partial charge in [-0.15, -0.1) is 0 Å². The lowest BCUT2D eigenvalue weighted by atomic mass is 10.0. The second kappa shape index (κ2) is 18.3. The molecule has 1 unspecified atom stereocenters. The van der Waals surface area contributed by atoms with E-state index in [-0.39, 0.29) is 74.1 Å². The molecule has 0 aliphatic carbocycles. The number of urea groups is 1. The molecule has 3 aromatic rings. The van der Waals surface area contributed by atoms with E-state index >= 15 is 0 Å². The summed E-state index contributed by atoms with van der Waals surface area (Å²) in [5, 5.41) is 2.54. The van der Waals surface area contributed by atoms with Crippen molar-refractivity contribution in [3.63, 3.8) is 0 Å². The molecule has 4 heterocycles. The summed E-state index contributed by atoms with van der Waals surface area (Å²) in [6.45, 7) is 4.72. The van der Waals surface area contributed by atoms with Crippen LogP contribution < -0.4 is 16.0 Å². The van der Waals surface area contributed by atoms with Crippen LogP contribution in [0.3, 0.4) is 0 Å². The number of aromatic nitrogens is 1. The first-order valence-electron chi connectivity index (χ1n) is 18.9. The number of ether oxygens (including phenoxy) is 4. The van der Waals surface area contributed by atoms with Crippen molar-refractivity contribution >= 4 is 58.9 Å². The number of pyridine rings is 1. The summed E-state index contributed by atoms with van der Waals surface area (Å²) >= 11 is 6.10. The molecular formula is C39H43ClF3N7O9. The van der Waals surface area contributed by atoms with Crippen molar-refractivity contribution in [3.8, 4) is 0 Å². The third-order valence-electron chi connectivity index (χ3n) is 10.2. The number of nitrogens with two attached hydrogens (primary N) is 1. The van der Waals surface area contributed by atoms with Crippen LogP contribution in [0.2, 0.25) is 5.02 Å². The number of likely N-dealkylation sites (tertiary alicyclic amines) is 1. The van der Waals surface area contributed by atoms with E-state index in [4.69, 9.17) is 31.5 Å². The fraction of sp³-hybridized carbons (Fsp3) is 0.436. The summed E-state index contributed by atoms with van der Waals surface area (Å²) < 4.78 is 62.0. The maximum absolute atomic E-state index is 14.1. The van der Waals surface area contributed by atoms with E-state index in [1.807, 2.05) is 29.2 Å². The standard InChI is InChI=1S/C39H43ClF3N7O9/c1-3-56-38(55)58-23(2)57-35(52)25-8-9-32(45-21-25)47-14-16-48(17-15-47)34(51)31(20-24-18-28(39(41,42)43)33(44)29(40)19-24)59-37(54)49-12-10-27(11-13-49)50-22-26-6-4-5-7-30(26)46-36(50)53/h4-9,18-19,21,23,27,31H,3,10-17,20,22,44H2,1-2H3,(H,46,53)/t23?,31-/m1/s1. The Balaban J connectivity index is 1.10. The van der Waals surface area contributed by atoms with Gasteiger partial charge < -0.3 is 49.6 Å². The number of para-hydroxylation sites is 1. The molecule has 59 heavy (non-hydrogen) atoms. The number of nitrogen functional groups attached to an aromatic ring is 1. The minimum absolute atomic E-state index is 0.0129. The number of alkyl halides is 3. The van der Waals surface area contributed by atoms with Gasteiger partial charge in [-0.3, -0.25) is 4.79 Å². The quantitative estimate of drug-likeness (QED) is 0.106. The SMILES string of the molecule is CCOC(=O)OC(C)OC(=O)c1ccc(N2CCN(C(=O)[C@@H](Cc3cc(Cl)c(N)c(C(F)(F)F)c3)OC(=O)N3CCC(N4Cc5ccccc5NC4=O)CC3)CC2)nc1. The molecule has 4 amide bonds. The molecule has 316 valence electrons. The molecule has 0 bridgehead atoms. The summed E-state index contributed by atoms with van der Waals surface area (Å²) in [6.07, 6.45) is -7.62. The van der Waals surface area contributed by atoms with Crippen molar-refractivity contribution in [1.29, 1.82) is 0 Å². The van der Waals surface area contributed by atoms with Crippen LogP contribution in [0, 0.1) is 0 Å². The van der Waals surface area contributed by atoms with Crippen LogP contribution in [0.15, 0.2) is 54.7 Å². The summed E-state index contributed by atoms with van der Waals surface area (Å²) in [4.78, 5) is 75.4. The summed E-state index contributed by atoms with van der Waals surface area (Å²) in [5.74, 6) is -0.923. The number of piperazine rings is 1. The minimum Gasteiger partial charge on any atom is -0.436 e. The lowest BCUT2D eigenvalue weighted by Crippen LogP contribution is -2.54. The summed E-state index contributed by atoms with van der Waals surface area (Å²) in [5.41, 5.74) is 5.60. The number of rotatable bonds is 10. The maximum atomic E-state index is 14.1. The number of nitrogens with one attached hydrogen (secondary N) is 1. The lowest BCUT2D eigenvalue weighted by Gasteiger charge is -2.40. The number of fused-ring (bicyclic) bond motifs is 1. The molecule has 2 fully saturated rings. The highest BCUT2D eigenvalue weighted by molar-refractivity contribution is 6.33. The minimum atomic E-state index is -4.84. The van der Waals surface area contributed by atoms with Gasteiger partial charge in [0.15, 0.2) is 6.10 Å². The smallest absolute Gasteiger partial charge is 0.436 e. The molecule has 1 aromatic heterocycles. The molecule has 6 rings (SSSR count). The average molecular weight is 846 g/mol. The number of halogens is 4. The number of piperidine rings is 1. The number of amides is 4. The third kappa shape index (κ3) is 10.4. The van der Waals surface area contributed by atoms with E-state index < -0.39 is 60.4 Å². The molecule has 3 N–H and O–H groups in total. The van der Waals surface area contributed by atoms with Crippen LogP contribution in [0.1, 0.15) is 53.7 Å². The zero-order valence-electron chi connectivity index (χ0n) is 32.2. The van der Waals surface area contributed by atoms with E-state index in [9.17, 15) is 37.1 Å². The van der Waals surface area contributed by atoms with Crippen LogP contribution in [0.25, 0.3) is 0 Å². The van der Waals surface area contributed by atoms with Crippen molar-refractivity contribution in [1.82, 2.24) is 19.7 Å². The van der Waals surface area contributed by atoms with Crippen molar-refractivity contribution in [2.75, 3.05) is 61.8 Å². The predicted molar refractivity (Wildman–Crippen MR) is 206 cm³/mol. The first-order chi connectivity index (χ1) is 28.1. The molecule has 20 heteroatoms. The Morgan fingerprint density at radius 3 is 2.34 bits per heavy atom. The van der Waals surface area contributed by atoms with E-state index in [1.54, 1.807) is 17.9 Å². The molecule has 0 spiro atoms. The van der Waals surface area contributed by atoms with Crippen LogP contribution in [-0.2, 0) is 42.9 Å². The fourth-order valence-corrected chi connectivity index (χ4v) is 7.32. The number of carbonyl (C=O) groups excluding carboxylic acids is 5. The largest absolute Gasteiger partial charge is 0.511 e. The van der Waals surface area contributed by atoms with Crippen LogP contribution in [-0.4, -0.2) is 114 Å². The number of nitrogens with zero attached hydrogens (tertiary/aromatic N) is 5. The molecule has 0 radical (unpaired) electrons. The van der Waals surface area contributed by atoms with Gasteiger partial charge in [0.1, 0.15) is 5.82 Å². The number of anilines is 3. The van der Waals surface area contributed by atoms with Gasteiger partial charge in [0.05, 0.1) is 28.4 Å². The molecule has 2 atom stereocenters. The summed E-state index contributed by atoms with van der Waals surface area (Å²) in [6, 6.07) is 12.2. The van der Waals surface area contributed by atoms with Crippen molar-refractivity contribution in [2.24, 2.45) is 0 Å². The van der Waals surface area contributed by atoms with Gasteiger partial charge in [0.25, 0.3) is 5.91 Å². The predicted octanol–water partition coefficient (Wildman–Crippen LogP) is 5.92. The highest BCUT2D eigenvalue weighted by atomic mass is 35.5. The first-order valence-corrected chi connectivity index (χ1v) is 19.3. The Morgan fingerprint density at radius 1 is 0.966 bits per heavy atom. The molecule has 3 aliphatic heterocycles. The highest BCUT2D eigenvalue weighted by Crippen LogP contribution is 2.38. The van der Waals surface area contributed by atoms with E-state index in [1.165, 1.54) is 35.1 Å². The Morgan fingerprint density at radius 2 is 1.68 bits per heavy atom. The molecule has 2 aromatic carbocycles. The summed E-state index contributed by atoms with van der Waals surface area (Å²) in [7, 11) is 0. The second-order valence-corrected chi connectivity index (χ2v) is 14.4. The monoisotopic (exact) mass is 845 g/mol. The van der Waals surface area contributed by atoms with Gasteiger partial charge in [-0.05, 0) is 61.2 Å². The maximum Gasteiger partial charge on any atom is 0.511 e. The van der Waals surface area contributed by atoms with Gasteiger partial charge in [0.2, 0.25) is 6.29 Å². The van der Waals surface area contributed by atoms with Crippen molar-refractivity contribution in [3.05, 3.63) is 82.0 Å². The fourth-order valence-electron chi connectivity index (χ4n) is 7.08. The van der Waals surface area contributed by atoms with Gasteiger partial charge >= 0.3 is 30.4 Å². The van der Waals surface area contributed by atoms with E-state index in [0.717, 1.165) is 17.3 Å². The number of hydrogen-bond acceptors (Lipinski definition) is 12. The number of esters is 1. The molecule has 2 saturated heterocycles. The first kappa shape index (κ1) is 42.6. The highest BCUT2D eigenvalue weighted by Gasteiger charge is 2.38. The Labute approximate surface area is 342 Å². The molecule has 16 nitrogen and oxygen atoms in total.